The summed E-state index contributed by atoms with van der Waals surface area (Å²) < 4.78 is 0. The van der Waals surface area contributed by atoms with Crippen molar-refractivity contribution in [3.8, 4) is 0 Å². The second-order valence-corrected chi connectivity index (χ2v) is 4.72. The summed E-state index contributed by atoms with van der Waals surface area (Å²) >= 11 is 5.89. The molecule has 1 heterocycles. The number of hydrogen-bond donors (Lipinski definition) is 3. The molecule has 1 aromatic carbocycles. The molecule has 0 atom stereocenters. The summed E-state index contributed by atoms with van der Waals surface area (Å²) in [5.74, 6) is 5.12. The Morgan fingerprint density at radius 2 is 2.15 bits per heavy atom. The van der Waals surface area contributed by atoms with E-state index < -0.39 is 0 Å². The van der Waals surface area contributed by atoms with E-state index in [0.717, 1.165) is 11.4 Å². The molecule has 4 N–H and O–H groups in total. The SMILES string of the molecule is Cc1cccc(CNC(=O)c2cc(Cl)ccc2NN)n1. The van der Waals surface area contributed by atoms with Crippen molar-refractivity contribution >= 4 is 23.2 Å². The lowest BCUT2D eigenvalue weighted by Gasteiger charge is -2.10. The highest BCUT2D eigenvalue weighted by Crippen LogP contribution is 2.19. The van der Waals surface area contributed by atoms with Gasteiger partial charge in [-0.05, 0) is 37.3 Å². The van der Waals surface area contributed by atoms with Crippen LogP contribution in [0.2, 0.25) is 5.02 Å². The van der Waals surface area contributed by atoms with E-state index in [9.17, 15) is 4.79 Å². The Morgan fingerprint density at radius 3 is 2.85 bits per heavy atom. The first-order valence-electron chi connectivity index (χ1n) is 6.07. The van der Waals surface area contributed by atoms with Crippen molar-refractivity contribution in [2.75, 3.05) is 5.43 Å². The van der Waals surface area contributed by atoms with Gasteiger partial charge in [0.25, 0.3) is 5.91 Å². The minimum atomic E-state index is -0.260. The number of pyridine rings is 1. The third-order valence-corrected chi connectivity index (χ3v) is 2.99. The van der Waals surface area contributed by atoms with E-state index in [2.05, 4.69) is 15.7 Å². The van der Waals surface area contributed by atoms with Crippen molar-refractivity contribution in [1.82, 2.24) is 10.3 Å². The Bertz CT molecular complexity index is 630. The second-order valence-electron chi connectivity index (χ2n) is 4.29. The number of hydrazine groups is 1. The van der Waals surface area contributed by atoms with Crippen LogP contribution in [-0.4, -0.2) is 10.9 Å². The number of anilines is 1. The molecule has 0 bridgehead atoms. The zero-order chi connectivity index (χ0) is 14.5. The molecule has 2 aromatic rings. The summed E-state index contributed by atoms with van der Waals surface area (Å²) in [6.07, 6.45) is 0. The van der Waals surface area contributed by atoms with Gasteiger partial charge in [0.05, 0.1) is 23.5 Å². The number of carbonyl (C=O) groups excluding carboxylic acids is 1. The van der Waals surface area contributed by atoms with Crippen LogP contribution in [0.15, 0.2) is 36.4 Å². The van der Waals surface area contributed by atoms with Crippen LogP contribution in [0.4, 0.5) is 5.69 Å². The van der Waals surface area contributed by atoms with E-state index in [1.54, 1.807) is 18.2 Å². The first kappa shape index (κ1) is 14.3. The van der Waals surface area contributed by atoms with Gasteiger partial charge in [0.1, 0.15) is 0 Å². The van der Waals surface area contributed by atoms with Crippen LogP contribution in [0.5, 0.6) is 0 Å². The second kappa shape index (κ2) is 6.36. The number of nitrogens with one attached hydrogen (secondary N) is 2. The molecule has 2 rings (SSSR count). The molecule has 0 radical (unpaired) electrons. The molecule has 0 aliphatic heterocycles. The van der Waals surface area contributed by atoms with Gasteiger partial charge in [-0.2, -0.15) is 0 Å². The summed E-state index contributed by atoms with van der Waals surface area (Å²) in [5, 5.41) is 3.26. The maximum Gasteiger partial charge on any atom is 0.253 e. The zero-order valence-corrected chi connectivity index (χ0v) is 11.7. The van der Waals surface area contributed by atoms with Crippen molar-refractivity contribution in [1.29, 1.82) is 0 Å². The average Bonchev–Trinajstić information content (AvgIpc) is 2.45. The fraction of sp³-hybridized carbons (Fsp3) is 0.143. The minimum Gasteiger partial charge on any atom is -0.346 e. The van der Waals surface area contributed by atoms with E-state index in [4.69, 9.17) is 17.4 Å². The highest BCUT2D eigenvalue weighted by Gasteiger charge is 2.11. The van der Waals surface area contributed by atoms with Crippen LogP contribution in [0, 0.1) is 6.92 Å². The normalized spacial score (nSPS) is 10.2. The molecular weight excluding hydrogens is 276 g/mol. The molecular formula is C14H15ClN4O. The summed E-state index contributed by atoms with van der Waals surface area (Å²) in [7, 11) is 0. The molecule has 20 heavy (non-hydrogen) atoms. The number of nitrogens with zero attached hydrogens (tertiary/aromatic N) is 1. The maximum atomic E-state index is 12.1. The minimum absolute atomic E-state index is 0.260. The van der Waals surface area contributed by atoms with Crippen molar-refractivity contribution in [2.45, 2.75) is 13.5 Å². The number of hydrogen-bond acceptors (Lipinski definition) is 4. The predicted octanol–water partition coefficient (Wildman–Crippen LogP) is 2.26. The Morgan fingerprint density at radius 1 is 1.35 bits per heavy atom. The van der Waals surface area contributed by atoms with Crippen molar-refractivity contribution in [3.05, 3.63) is 58.4 Å². The van der Waals surface area contributed by atoms with Crippen molar-refractivity contribution in [2.24, 2.45) is 5.84 Å². The fourth-order valence-electron chi connectivity index (χ4n) is 1.79. The molecule has 104 valence electrons. The van der Waals surface area contributed by atoms with Crippen LogP contribution in [0.3, 0.4) is 0 Å². The number of nitrogen functional groups attached to an aromatic ring is 1. The Balaban J connectivity index is 2.10. The van der Waals surface area contributed by atoms with Gasteiger partial charge >= 0.3 is 0 Å². The molecule has 0 aliphatic carbocycles. The standard InChI is InChI=1S/C14H15ClN4O/c1-9-3-2-4-11(18-9)8-17-14(20)12-7-10(15)5-6-13(12)19-16/h2-7,19H,8,16H2,1H3,(H,17,20). The highest BCUT2D eigenvalue weighted by atomic mass is 35.5. The number of benzene rings is 1. The summed E-state index contributed by atoms with van der Waals surface area (Å²) in [6, 6.07) is 10.5. The van der Waals surface area contributed by atoms with E-state index >= 15 is 0 Å². The number of aryl methyl sites for hydroxylation is 1. The van der Waals surface area contributed by atoms with Gasteiger partial charge in [-0.1, -0.05) is 17.7 Å². The quantitative estimate of drug-likeness (QED) is 0.596. The van der Waals surface area contributed by atoms with E-state index in [1.165, 1.54) is 0 Å². The van der Waals surface area contributed by atoms with Crippen LogP contribution in [0.1, 0.15) is 21.7 Å². The first-order valence-corrected chi connectivity index (χ1v) is 6.45. The lowest BCUT2D eigenvalue weighted by atomic mass is 10.1. The lowest BCUT2D eigenvalue weighted by molar-refractivity contribution is 0.0951. The summed E-state index contributed by atoms with van der Waals surface area (Å²) in [6.45, 7) is 2.25. The Hall–Kier alpha value is -2.11. The summed E-state index contributed by atoms with van der Waals surface area (Å²) in [4.78, 5) is 16.5. The molecule has 0 saturated carbocycles. The van der Waals surface area contributed by atoms with Crippen LogP contribution in [0.25, 0.3) is 0 Å². The lowest BCUT2D eigenvalue weighted by Crippen LogP contribution is -2.25. The number of amides is 1. The van der Waals surface area contributed by atoms with Crippen LogP contribution < -0.4 is 16.6 Å². The topological polar surface area (TPSA) is 80.0 Å². The Kier molecular flexibility index (Phi) is 4.55. The largest absolute Gasteiger partial charge is 0.346 e. The number of aromatic nitrogens is 1. The van der Waals surface area contributed by atoms with Crippen molar-refractivity contribution in [3.63, 3.8) is 0 Å². The third-order valence-electron chi connectivity index (χ3n) is 2.76. The average molecular weight is 291 g/mol. The molecule has 5 nitrogen and oxygen atoms in total. The van der Waals surface area contributed by atoms with Gasteiger partial charge in [0.2, 0.25) is 0 Å². The fourth-order valence-corrected chi connectivity index (χ4v) is 1.97. The van der Waals surface area contributed by atoms with E-state index in [-0.39, 0.29) is 5.91 Å². The van der Waals surface area contributed by atoms with E-state index in [0.29, 0.717) is 22.8 Å². The van der Waals surface area contributed by atoms with Gasteiger partial charge in [-0.3, -0.25) is 15.6 Å². The maximum absolute atomic E-state index is 12.1. The molecule has 1 amide bonds. The van der Waals surface area contributed by atoms with Crippen LogP contribution >= 0.6 is 11.6 Å². The van der Waals surface area contributed by atoms with Gasteiger partial charge in [-0.15, -0.1) is 0 Å². The van der Waals surface area contributed by atoms with Crippen molar-refractivity contribution < 1.29 is 4.79 Å². The predicted molar refractivity (Wildman–Crippen MR) is 79.4 cm³/mol. The number of nitrogens with two attached hydrogens (primary N) is 1. The van der Waals surface area contributed by atoms with E-state index in [1.807, 2.05) is 25.1 Å². The molecule has 0 unspecified atom stereocenters. The zero-order valence-electron chi connectivity index (χ0n) is 11.0. The molecule has 0 saturated heterocycles. The first-order chi connectivity index (χ1) is 9.60. The third kappa shape index (κ3) is 3.46. The Labute approximate surface area is 122 Å². The van der Waals surface area contributed by atoms with Gasteiger partial charge in [-0.25, -0.2) is 0 Å². The molecule has 0 aliphatic rings. The highest BCUT2D eigenvalue weighted by molar-refractivity contribution is 6.31. The number of halogens is 1. The smallest absolute Gasteiger partial charge is 0.253 e. The van der Waals surface area contributed by atoms with Gasteiger partial charge < -0.3 is 10.7 Å². The number of rotatable bonds is 4. The molecule has 0 spiro atoms. The van der Waals surface area contributed by atoms with Crippen LogP contribution in [-0.2, 0) is 6.54 Å². The molecule has 6 heteroatoms. The monoisotopic (exact) mass is 290 g/mol. The van der Waals surface area contributed by atoms with Gasteiger partial charge in [0.15, 0.2) is 0 Å². The molecule has 0 fully saturated rings. The van der Waals surface area contributed by atoms with Gasteiger partial charge in [0, 0.05) is 10.7 Å². The summed E-state index contributed by atoms with van der Waals surface area (Å²) in [5.41, 5.74) is 5.09. The number of carbonyl (C=O) groups is 1. The molecule has 1 aromatic heterocycles.